The largest absolute Gasteiger partial charge is 0.393 e. The second-order valence-corrected chi connectivity index (χ2v) is 5.38. The van der Waals surface area contributed by atoms with Crippen LogP contribution in [-0.2, 0) is 0 Å². The second kappa shape index (κ2) is 11.1. The van der Waals surface area contributed by atoms with Gasteiger partial charge in [0.2, 0.25) is 0 Å². The van der Waals surface area contributed by atoms with E-state index in [1.165, 1.54) is 11.1 Å². The first kappa shape index (κ1) is 19.4. The van der Waals surface area contributed by atoms with Crippen LogP contribution in [0.15, 0.2) is 24.3 Å². The first-order chi connectivity index (χ1) is 9.54. The van der Waals surface area contributed by atoms with Gasteiger partial charge in [0.25, 0.3) is 0 Å². The molecule has 0 bridgehead atoms. The van der Waals surface area contributed by atoms with Gasteiger partial charge in [0.05, 0.1) is 6.10 Å². The highest BCUT2D eigenvalue weighted by atomic mass is 32.1. The van der Waals surface area contributed by atoms with Gasteiger partial charge in [0, 0.05) is 12.6 Å². The molecule has 1 aromatic rings. The lowest BCUT2D eigenvalue weighted by Crippen LogP contribution is -2.19. The molecule has 20 heavy (non-hydrogen) atoms. The monoisotopic (exact) mass is 298 g/mol. The Balaban J connectivity index is 0.000000327. The van der Waals surface area contributed by atoms with Crippen LogP contribution in [0.1, 0.15) is 37.8 Å². The molecule has 3 unspecified atom stereocenters. The zero-order chi connectivity index (χ0) is 15.5. The van der Waals surface area contributed by atoms with E-state index in [1.807, 2.05) is 0 Å². The lowest BCUT2D eigenvalue weighted by Gasteiger charge is -2.15. The molecule has 0 aromatic heterocycles. The van der Waals surface area contributed by atoms with Gasteiger partial charge in [-0.3, -0.25) is 5.14 Å². The molecule has 0 spiro atoms. The molecule has 3 atom stereocenters. The predicted molar refractivity (Wildman–Crippen MR) is 91.0 cm³/mol. The van der Waals surface area contributed by atoms with Crippen molar-refractivity contribution in [3.63, 3.8) is 0 Å². The summed E-state index contributed by atoms with van der Waals surface area (Å²) < 4.78 is 0. The van der Waals surface area contributed by atoms with Crippen LogP contribution < -0.4 is 10.5 Å². The Bertz CT molecular complexity index is 335. The van der Waals surface area contributed by atoms with Gasteiger partial charge >= 0.3 is 0 Å². The Hall–Kier alpha value is -0.550. The molecule has 116 valence electrons. The molecule has 1 saturated heterocycles. The maximum atomic E-state index is 9.49. The van der Waals surface area contributed by atoms with Gasteiger partial charge < -0.3 is 10.4 Å². The van der Waals surface area contributed by atoms with Crippen LogP contribution in [0.4, 0.5) is 0 Å². The summed E-state index contributed by atoms with van der Waals surface area (Å²) in [6, 6.07) is 8.97. The summed E-state index contributed by atoms with van der Waals surface area (Å²) >= 11 is 3.03. The van der Waals surface area contributed by atoms with Gasteiger partial charge in [0.15, 0.2) is 0 Å². The van der Waals surface area contributed by atoms with Gasteiger partial charge in [-0.2, -0.15) is 0 Å². The summed E-state index contributed by atoms with van der Waals surface area (Å²) in [5.41, 5.74) is 2.74. The fourth-order valence-electron chi connectivity index (χ4n) is 1.71. The summed E-state index contributed by atoms with van der Waals surface area (Å²) in [7, 11) is 0. The lowest BCUT2D eigenvalue weighted by molar-refractivity contribution is 0.105. The van der Waals surface area contributed by atoms with Gasteiger partial charge in [-0.25, -0.2) is 0 Å². The first-order valence-electron chi connectivity index (χ1n) is 7.24. The number of nitrogens with one attached hydrogen (secondary N) is 1. The highest BCUT2D eigenvalue weighted by Crippen LogP contribution is 2.15. The Kier molecular flexibility index (Phi) is 10.8. The fraction of sp³-hybridized carbons (Fsp3) is 0.625. The number of benzene rings is 1. The standard InChI is InChI=1S/C8H17NO.C8H10.H3NS/c1-3-6(2)8(10)4-7-5-9-7;1-7-5-3-4-6-8(7)2;1-2/h6-10H,3-5H2,1-2H3;3-6H,1-2H3;2H,1H2. The van der Waals surface area contributed by atoms with Crippen LogP contribution in [-0.4, -0.2) is 23.8 Å². The molecule has 4 heteroatoms. The minimum atomic E-state index is -0.0926. The molecular formula is C16H30N2OS. The minimum Gasteiger partial charge on any atom is -0.393 e. The van der Waals surface area contributed by atoms with E-state index < -0.39 is 0 Å². The van der Waals surface area contributed by atoms with E-state index in [9.17, 15) is 5.11 Å². The molecule has 1 fully saturated rings. The van der Waals surface area contributed by atoms with Crippen LogP contribution in [0, 0.1) is 19.8 Å². The Morgan fingerprint density at radius 1 is 1.30 bits per heavy atom. The van der Waals surface area contributed by atoms with Crippen molar-refractivity contribution in [3.8, 4) is 0 Å². The number of nitrogens with two attached hydrogens (primary N) is 1. The highest BCUT2D eigenvalue weighted by Gasteiger charge is 2.25. The Labute approximate surface area is 129 Å². The van der Waals surface area contributed by atoms with Crippen molar-refractivity contribution in [1.82, 2.24) is 5.32 Å². The molecule has 0 aliphatic carbocycles. The number of aryl methyl sites for hydroxylation is 2. The van der Waals surface area contributed by atoms with E-state index in [-0.39, 0.29) is 6.10 Å². The zero-order valence-electron chi connectivity index (χ0n) is 13.1. The van der Waals surface area contributed by atoms with Gasteiger partial charge in [-0.15, -0.1) is 12.8 Å². The van der Waals surface area contributed by atoms with Gasteiger partial charge in [-0.05, 0) is 37.3 Å². The average molecular weight is 298 g/mol. The Morgan fingerprint density at radius 3 is 2.05 bits per heavy atom. The second-order valence-electron chi connectivity index (χ2n) is 5.38. The van der Waals surface area contributed by atoms with Crippen LogP contribution in [0.5, 0.6) is 0 Å². The normalized spacial score (nSPS) is 18.9. The van der Waals surface area contributed by atoms with Crippen molar-refractivity contribution in [2.24, 2.45) is 11.1 Å². The molecule has 1 heterocycles. The molecule has 0 saturated carbocycles. The summed E-state index contributed by atoms with van der Waals surface area (Å²) in [5.74, 6) is 0.461. The van der Waals surface area contributed by atoms with Crippen LogP contribution >= 0.6 is 12.8 Å². The number of thiol groups is 1. The van der Waals surface area contributed by atoms with Crippen molar-refractivity contribution >= 4 is 12.8 Å². The third-order valence-corrected chi connectivity index (χ3v) is 3.75. The number of rotatable bonds is 4. The molecule has 1 aromatic carbocycles. The smallest absolute Gasteiger partial charge is 0.0581 e. The maximum absolute atomic E-state index is 9.49. The lowest BCUT2D eigenvalue weighted by atomic mass is 9.98. The summed E-state index contributed by atoms with van der Waals surface area (Å²) in [6.45, 7) is 9.57. The van der Waals surface area contributed by atoms with Crippen molar-refractivity contribution < 1.29 is 5.11 Å². The molecule has 2 rings (SSSR count). The Morgan fingerprint density at radius 2 is 1.75 bits per heavy atom. The van der Waals surface area contributed by atoms with E-state index in [2.05, 4.69) is 75.2 Å². The first-order valence-corrected chi connectivity index (χ1v) is 7.75. The topological polar surface area (TPSA) is 68.2 Å². The molecule has 0 radical (unpaired) electrons. The predicted octanol–water partition coefficient (Wildman–Crippen LogP) is 2.85. The third kappa shape index (κ3) is 8.59. The summed E-state index contributed by atoms with van der Waals surface area (Å²) in [4.78, 5) is 0. The van der Waals surface area contributed by atoms with Crippen LogP contribution in [0.3, 0.4) is 0 Å². The van der Waals surface area contributed by atoms with Crippen LogP contribution in [0.2, 0.25) is 0 Å². The molecule has 3 nitrogen and oxygen atoms in total. The van der Waals surface area contributed by atoms with E-state index in [1.54, 1.807) is 0 Å². The molecule has 4 N–H and O–H groups in total. The van der Waals surface area contributed by atoms with Crippen molar-refractivity contribution in [1.29, 1.82) is 0 Å². The highest BCUT2D eigenvalue weighted by molar-refractivity contribution is 7.77. The van der Waals surface area contributed by atoms with Crippen molar-refractivity contribution in [2.75, 3.05) is 6.54 Å². The number of aliphatic hydroxyl groups is 1. The van der Waals surface area contributed by atoms with Gasteiger partial charge in [0.1, 0.15) is 0 Å². The van der Waals surface area contributed by atoms with E-state index >= 15 is 0 Å². The number of hydrogen-bond donors (Lipinski definition) is 4. The van der Waals surface area contributed by atoms with Crippen molar-refractivity contribution in [3.05, 3.63) is 35.4 Å². The average Bonchev–Trinajstić information content (AvgIpc) is 3.28. The minimum absolute atomic E-state index is 0.0926. The molecule has 1 aliphatic rings. The molecule has 0 amide bonds. The number of hydrogen-bond acceptors (Lipinski definition) is 4. The van der Waals surface area contributed by atoms with Crippen LogP contribution in [0.25, 0.3) is 0 Å². The zero-order valence-corrected chi connectivity index (χ0v) is 14.0. The third-order valence-electron chi connectivity index (χ3n) is 3.75. The van der Waals surface area contributed by atoms with Gasteiger partial charge in [-0.1, -0.05) is 44.5 Å². The number of aliphatic hydroxyl groups excluding tert-OH is 1. The van der Waals surface area contributed by atoms with E-state index in [0.29, 0.717) is 12.0 Å². The molecular weight excluding hydrogens is 268 g/mol. The van der Waals surface area contributed by atoms with E-state index in [0.717, 1.165) is 19.4 Å². The van der Waals surface area contributed by atoms with E-state index in [4.69, 9.17) is 0 Å². The van der Waals surface area contributed by atoms with Crippen molar-refractivity contribution in [2.45, 2.75) is 52.7 Å². The quantitative estimate of drug-likeness (QED) is 0.510. The molecule has 1 aliphatic heterocycles. The SMILES string of the molecule is CCC(C)C(O)CC1CN1.Cc1ccccc1C.NS. The maximum Gasteiger partial charge on any atom is 0.0581 e. The summed E-state index contributed by atoms with van der Waals surface area (Å²) in [6.07, 6.45) is 1.92. The fourth-order valence-corrected chi connectivity index (χ4v) is 1.71. The summed E-state index contributed by atoms with van der Waals surface area (Å²) in [5, 5.41) is 16.9.